The summed E-state index contributed by atoms with van der Waals surface area (Å²) in [5.41, 5.74) is 1.03. The number of hydrogen-bond donors (Lipinski definition) is 0. The van der Waals surface area contributed by atoms with Crippen molar-refractivity contribution in [1.82, 2.24) is 14.5 Å². The maximum Gasteiger partial charge on any atom is 0.242 e. The van der Waals surface area contributed by atoms with Crippen molar-refractivity contribution in [2.24, 2.45) is 0 Å². The molecule has 0 radical (unpaired) electrons. The van der Waals surface area contributed by atoms with Gasteiger partial charge in [0.1, 0.15) is 18.2 Å². The van der Waals surface area contributed by atoms with Gasteiger partial charge in [0.15, 0.2) is 0 Å². The molecule has 0 atom stereocenters. The molecule has 0 spiro atoms. The molecule has 1 aromatic carbocycles. The predicted octanol–water partition coefficient (Wildman–Crippen LogP) is 2.66. The van der Waals surface area contributed by atoms with Crippen LogP contribution in [0.5, 0.6) is 0 Å². The zero-order valence-electron chi connectivity index (χ0n) is 10.5. The molecule has 0 saturated heterocycles. The van der Waals surface area contributed by atoms with Crippen LogP contribution in [0.3, 0.4) is 0 Å². The number of carbonyl (C=O) groups excluding carboxylic acids is 1. The molecule has 0 aliphatic rings. The molecule has 1 heterocycles. The third-order valence-corrected chi connectivity index (χ3v) is 3.31. The third-order valence-electron chi connectivity index (χ3n) is 2.78. The van der Waals surface area contributed by atoms with Crippen LogP contribution in [0.25, 0.3) is 11.0 Å². The van der Waals surface area contributed by atoms with Gasteiger partial charge < -0.3 is 9.47 Å². The minimum atomic E-state index is -0.547. The van der Waals surface area contributed by atoms with Crippen LogP contribution in [0.15, 0.2) is 12.1 Å². The van der Waals surface area contributed by atoms with Gasteiger partial charge in [-0.3, -0.25) is 4.79 Å². The summed E-state index contributed by atoms with van der Waals surface area (Å²) < 4.78 is 15.1. The summed E-state index contributed by atoms with van der Waals surface area (Å²) in [7, 11) is 3.30. The Morgan fingerprint density at radius 2 is 2.16 bits per heavy atom. The SMILES string of the molecule is CN(C)C(=O)Cn1c(CCl)nc2cc(Cl)c(F)cc21. The zero-order valence-corrected chi connectivity index (χ0v) is 12.0. The first kappa shape index (κ1) is 14.1. The number of imidazole rings is 1. The Morgan fingerprint density at radius 3 is 2.74 bits per heavy atom. The molecule has 4 nitrogen and oxygen atoms in total. The van der Waals surface area contributed by atoms with Gasteiger partial charge in [-0.1, -0.05) is 11.6 Å². The summed E-state index contributed by atoms with van der Waals surface area (Å²) in [5.74, 6) is -0.0301. The predicted molar refractivity (Wildman–Crippen MR) is 73.0 cm³/mol. The lowest BCUT2D eigenvalue weighted by atomic mass is 10.3. The van der Waals surface area contributed by atoms with E-state index in [1.165, 1.54) is 17.0 Å². The number of nitrogens with zero attached hydrogens (tertiary/aromatic N) is 3. The van der Waals surface area contributed by atoms with Crippen molar-refractivity contribution < 1.29 is 9.18 Å². The van der Waals surface area contributed by atoms with E-state index in [9.17, 15) is 9.18 Å². The Hall–Kier alpha value is -1.33. The van der Waals surface area contributed by atoms with E-state index in [0.29, 0.717) is 16.9 Å². The highest BCUT2D eigenvalue weighted by Gasteiger charge is 2.16. The first-order valence-electron chi connectivity index (χ1n) is 5.54. The smallest absolute Gasteiger partial charge is 0.242 e. The number of benzene rings is 1. The summed E-state index contributed by atoms with van der Waals surface area (Å²) in [6.07, 6.45) is 0. The largest absolute Gasteiger partial charge is 0.347 e. The second-order valence-electron chi connectivity index (χ2n) is 4.29. The molecule has 0 unspecified atom stereocenters. The molecular weight excluding hydrogens is 292 g/mol. The summed E-state index contributed by atoms with van der Waals surface area (Å²) >= 11 is 11.5. The Labute approximate surface area is 119 Å². The van der Waals surface area contributed by atoms with Gasteiger partial charge in [-0.25, -0.2) is 9.37 Å². The Balaban J connectivity index is 2.57. The fourth-order valence-corrected chi connectivity index (χ4v) is 2.09. The summed E-state index contributed by atoms with van der Waals surface area (Å²) in [6, 6.07) is 2.70. The van der Waals surface area contributed by atoms with Crippen LogP contribution in [-0.2, 0) is 17.2 Å². The number of amides is 1. The maximum atomic E-state index is 13.5. The Morgan fingerprint density at radius 1 is 1.47 bits per heavy atom. The number of halogens is 3. The Bertz CT molecular complexity index is 639. The van der Waals surface area contributed by atoms with Gasteiger partial charge in [0.2, 0.25) is 5.91 Å². The lowest BCUT2D eigenvalue weighted by molar-refractivity contribution is -0.129. The van der Waals surface area contributed by atoms with Crippen molar-refractivity contribution in [3.8, 4) is 0 Å². The number of aromatic nitrogens is 2. The van der Waals surface area contributed by atoms with Crippen molar-refractivity contribution in [2.75, 3.05) is 14.1 Å². The molecular formula is C12H12Cl2FN3O. The summed E-state index contributed by atoms with van der Waals surface area (Å²) in [4.78, 5) is 17.5. The van der Waals surface area contributed by atoms with Crippen LogP contribution in [0.4, 0.5) is 4.39 Å². The molecule has 102 valence electrons. The topological polar surface area (TPSA) is 38.1 Å². The molecule has 1 aromatic heterocycles. The van der Waals surface area contributed by atoms with Crippen molar-refractivity contribution in [1.29, 1.82) is 0 Å². The van der Waals surface area contributed by atoms with Gasteiger partial charge >= 0.3 is 0 Å². The molecule has 1 amide bonds. The number of rotatable bonds is 3. The number of alkyl halides is 1. The van der Waals surface area contributed by atoms with Crippen LogP contribution in [0, 0.1) is 5.82 Å². The zero-order chi connectivity index (χ0) is 14.2. The fraction of sp³-hybridized carbons (Fsp3) is 0.333. The normalized spacial score (nSPS) is 11.0. The van der Waals surface area contributed by atoms with E-state index in [2.05, 4.69) is 4.98 Å². The number of carbonyl (C=O) groups is 1. The molecule has 0 saturated carbocycles. The average Bonchev–Trinajstić information content (AvgIpc) is 2.67. The first-order chi connectivity index (χ1) is 8.93. The quantitative estimate of drug-likeness (QED) is 0.818. The van der Waals surface area contributed by atoms with Crippen molar-refractivity contribution in [3.63, 3.8) is 0 Å². The van der Waals surface area contributed by atoms with Crippen LogP contribution in [-0.4, -0.2) is 34.5 Å². The van der Waals surface area contributed by atoms with Crippen LogP contribution >= 0.6 is 23.2 Å². The van der Waals surface area contributed by atoms with Crippen molar-refractivity contribution >= 4 is 40.1 Å². The lowest BCUT2D eigenvalue weighted by Gasteiger charge is -2.12. The number of likely N-dealkylation sites (N-methyl/N-ethyl adjacent to an activating group) is 1. The molecule has 19 heavy (non-hydrogen) atoms. The second-order valence-corrected chi connectivity index (χ2v) is 4.97. The molecule has 2 rings (SSSR count). The van der Waals surface area contributed by atoms with Crippen molar-refractivity contribution in [2.45, 2.75) is 12.4 Å². The molecule has 0 aliphatic heterocycles. The number of hydrogen-bond acceptors (Lipinski definition) is 2. The number of fused-ring (bicyclic) bond motifs is 1. The van der Waals surface area contributed by atoms with E-state index in [1.807, 2.05) is 0 Å². The van der Waals surface area contributed by atoms with Crippen LogP contribution in [0.2, 0.25) is 5.02 Å². The van der Waals surface area contributed by atoms with Gasteiger partial charge in [-0.15, -0.1) is 11.6 Å². The molecule has 2 aromatic rings. The van der Waals surface area contributed by atoms with E-state index in [-0.39, 0.29) is 23.4 Å². The summed E-state index contributed by atoms with van der Waals surface area (Å²) in [6.45, 7) is 0.0621. The van der Waals surface area contributed by atoms with E-state index < -0.39 is 5.82 Å². The lowest BCUT2D eigenvalue weighted by Crippen LogP contribution is -2.26. The van der Waals surface area contributed by atoms with Gasteiger partial charge in [0.25, 0.3) is 0 Å². The Kier molecular flexibility index (Phi) is 3.96. The highest BCUT2D eigenvalue weighted by molar-refractivity contribution is 6.31. The van der Waals surface area contributed by atoms with Crippen molar-refractivity contribution in [3.05, 3.63) is 28.8 Å². The van der Waals surface area contributed by atoms with Gasteiger partial charge in [-0.2, -0.15) is 0 Å². The minimum absolute atomic E-state index is 0.00258. The van der Waals surface area contributed by atoms with E-state index in [4.69, 9.17) is 23.2 Å². The third kappa shape index (κ3) is 2.67. The fourth-order valence-electron chi connectivity index (χ4n) is 1.73. The molecule has 0 N–H and O–H groups in total. The van der Waals surface area contributed by atoms with Crippen LogP contribution < -0.4 is 0 Å². The molecule has 0 bridgehead atoms. The van der Waals surface area contributed by atoms with Gasteiger partial charge in [0, 0.05) is 20.2 Å². The first-order valence-corrected chi connectivity index (χ1v) is 6.45. The molecule has 0 fully saturated rings. The average molecular weight is 304 g/mol. The highest BCUT2D eigenvalue weighted by Crippen LogP contribution is 2.24. The van der Waals surface area contributed by atoms with E-state index in [0.717, 1.165) is 0 Å². The standard InChI is InChI=1S/C12H12Cl2FN3O/c1-17(2)12(19)6-18-10-4-8(15)7(14)3-9(10)16-11(18)5-13/h3-4H,5-6H2,1-2H3. The highest BCUT2D eigenvalue weighted by atomic mass is 35.5. The second kappa shape index (κ2) is 5.35. The van der Waals surface area contributed by atoms with Gasteiger partial charge in [-0.05, 0) is 6.07 Å². The summed E-state index contributed by atoms with van der Waals surface area (Å²) in [5, 5.41) is -0.00258. The molecule has 7 heteroatoms. The van der Waals surface area contributed by atoms with Gasteiger partial charge in [0.05, 0.1) is 21.9 Å². The van der Waals surface area contributed by atoms with Crippen LogP contribution in [0.1, 0.15) is 5.82 Å². The maximum absolute atomic E-state index is 13.5. The monoisotopic (exact) mass is 303 g/mol. The van der Waals surface area contributed by atoms with E-state index >= 15 is 0 Å². The van der Waals surface area contributed by atoms with E-state index in [1.54, 1.807) is 18.7 Å². The minimum Gasteiger partial charge on any atom is -0.347 e. The molecule has 0 aliphatic carbocycles.